The Morgan fingerprint density at radius 1 is 1.17 bits per heavy atom. The Labute approximate surface area is 137 Å². The van der Waals surface area contributed by atoms with Crippen LogP contribution in [0.15, 0.2) is 47.4 Å². The van der Waals surface area contributed by atoms with E-state index >= 15 is 0 Å². The van der Waals surface area contributed by atoms with Crippen LogP contribution in [0.4, 0.5) is 4.39 Å². The Hall–Kier alpha value is -1.81. The molecule has 2 aliphatic carbocycles. The van der Waals surface area contributed by atoms with E-state index in [9.17, 15) is 13.4 Å². The van der Waals surface area contributed by atoms with Crippen molar-refractivity contribution >= 4 is 16.6 Å². The Morgan fingerprint density at radius 3 is 2.61 bits per heavy atom. The van der Waals surface area contributed by atoms with Crippen molar-refractivity contribution in [2.24, 2.45) is 5.92 Å². The van der Waals surface area contributed by atoms with E-state index in [0.29, 0.717) is 11.3 Å². The van der Waals surface area contributed by atoms with Crippen molar-refractivity contribution in [3.63, 3.8) is 0 Å². The molecule has 1 saturated carbocycles. The second-order valence-corrected chi connectivity index (χ2v) is 8.24. The zero-order valence-corrected chi connectivity index (χ0v) is 13.7. The summed E-state index contributed by atoms with van der Waals surface area (Å²) in [6.07, 6.45) is 1.93. The van der Waals surface area contributed by atoms with Crippen LogP contribution in [0.1, 0.15) is 29.5 Å². The average molecular weight is 328 g/mol. The highest BCUT2D eigenvalue weighted by atomic mass is 32.2. The van der Waals surface area contributed by atoms with Crippen LogP contribution in [0.3, 0.4) is 0 Å². The molecule has 0 aromatic heterocycles. The standard InChI is InChI=1S/C19H17FO2S/c1-12-2-8-16-13(10-12)3-9-17-18(21)11-19(16,17)23(22)15-6-4-14(20)5-7-15/h2,4-8,10,17H,3,9,11H2,1H3. The minimum atomic E-state index is -1.36. The molecule has 4 rings (SSSR count). The molecule has 0 radical (unpaired) electrons. The molecule has 118 valence electrons. The zero-order valence-electron chi connectivity index (χ0n) is 12.8. The number of Topliss-reactive ketones (excluding diaryl/α,β-unsaturated/α-hetero) is 1. The minimum Gasteiger partial charge on any atom is -0.299 e. The van der Waals surface area contributed by atoms with Gasteiger partial charge in [0.2, 0.25) is 0 Å². The summed E-state index contributed by atoms with van der Waals surface area (Å²) in [6, 6.07) is 12.0. The number of halogens is 1. The first kappa shape index (κ1) is 14.8. The maximum absolute atomic E-state index is 13.3. The van der Waals surface area contributed by atoms with E-state index in [-0.39, 0.29) is 17.5 Å². The van der Waals surface area contributed by atoms with Gasteiger partial charge in [0.25, 0.3) is 0 Å². The van der Waals surface area contributed by atoms with Crippen LogP contribution in [-0.4, -0.2) is 9.99 Å². The third-order valence-corrected chi connectivity index (χ3v) is 7.18. The number of fused-ring (bicyclic) bond motifs is 3. The number of carbonyl (C=O) groups excluding carboxylic acids is 1. The SMILES string of the molecule is Cc1ccc2c(c1)CCC1C(=O)CC21S(=O)c1ccc(F)cc1. The molecule has 0 heterocycles. The predicted octanol–water partition coefficient (Wildman–Crippen LogP) is 3.67. The van der Waals surface area contributed by atoms with Crippen LogP contribution in [-0.2, 0) is 26.8 Å². The van der Waals surface area contributed by atoms with E-state index in [1.807, 2.05) is 19.1 Å². The van der Waals surface area contributed by atoms with Gasteiger partial charge in [-0.3, -0.25) is 9.00 Å². The third kappa shape index (κ3) is 2.04. The Balaban J connectivity index is 1.86. The van der Waals surface area contributed by atoms with Crippen LogP contribution in [0, 0.1) is 18.7 Å². The Kier molecular flexibility index (Phi) is 3.27. The van der Waals surface area contributed by atoms with Crippen molar-refractivity contribution in [3.05, 3.63) is 65.0 Å². The van der Waals surface area contributed by atoms with Gasteiger partial charge in [0, 0.05) is 17.2 Å². The van der Waals surface area contributed by atoms with Crippen LogP contribution in [0.2, 0.25) is 0 Å². The molecule has 0 saturated heterocycles. The van der Waals surface area contributed by atoms with Gasteiger partial charge in [0.1, 0.15) is 11.6 Å². The van der Waals surface area contributed by atoms with Crippen molar-refractivity contribution < 1.29 is 13.4 Å². The molecular formula is C19H17FO2S. The van der Waals surface area contributed by atoms with Crippen molar-refractivity contribution in [2.75, 3.05) is 0 Å². The van der Waals surface area contributed by atoms with Crippen molar-refractivity contribution in [1.82, 2.24) is 0 Å². The topological polar surface area (TPSA) is 34.1 Å². The molecular weight excluding hydrogens is 311 g/mol. The maximum atomic E-state index is 13.3. The molecule has 4 heteroatoms. The van der Waals surface area contributed by atoms with E-state index in [2.05, 4.69) is 6.07 Å². The minimum absolute atomic E-state index is 0.177. The Bertz CT molecular complexity index is 828. The van der Waals surface area contributed by atoms with Crippen molar-refractivity contribution in [3.8, 4) is 0 Å². The van der Waals surface area contributed by atoms with Crippen LogP contribution >= 0.6 is 0 Å². The molecule has 2 aliphatic rings. The Morgan fingerprint density at radius 2 is 1.91 bits per heavy atom. The highest BCUT2D eigenvalue weighted by Gasteiger charge is 2.60. The van der Waals surface area contributed by atoms with Gasteiger partial charge in [-0.15, -0.1) is 0 Å². The van der Waals surface area contributed by atoms with E-state index in [0.717, 1.165) is 18.4 Å². The first-order valence-corrected chi connectivity index (χ1v) is 8.97. The number of benzene rings is 2. The number of ketones is 1. The van der Waals surface area contributed by atoms with Gasteiger partial charge in [-0.1, -0.05) is 23.8 Å². The number of aryl methyl sites for hydroxylation is 2. The van der Waals surface area contributed by atoms with Crippen molar-refractivity contribution in [2.45, 2.75) is 35.8 Å². The number of rotatable bonds is 2. The highest BCUT2D eigenvalue weighted by molar-refractivity contribution is 7.86. The molecule has 0 amide bonds. The summed E-state index contributed by atoms with van der Waals surface area (Å²) in [5, 5.41) is 0. The lowest BCUT2D eigenvalue weighted by Crippen LogP contribution is -2.57. The summed E-state index contributed by atoms with van der Waals surface area (Å²) in [5.74, 6) is -0.320. The summed E-state index contributed by atoms with van der Waals surface area (Å²) >= 11 is 0. The smallest absolute Gasteiger partial charge is 0.139 e. The third-order valence-electron chi connectivity index (χ3n) is 5.17. The molecule has 0 bridgehead atoms. The van der Waals surface area contributed by atoms with E-state index in [1.54, 1.807) is 12.1 Å². The van der Waals surface area contributed by atoms with Crippen molar-refractivity contribution in [1.29, 1.82) is 0 Å². The quantitative estimate of drug-likeness (QED) is 0.843. The van der Waals surface area contributed by atoms with Crippen LogP contribution in [0.5, 0.6) is 0 Å². The van der Waals surface area contributed by atoms with Gasteiger partial charge < -0.3 is 0 Å². The van der Waals surface area contributed by atoms with Crippen LogP contribution < -0.4 is 0 Å². The van der Waals surface area contributed by atoms with Gasteiger partial charge >= 0.3 is 0 Å². The molecule has 2 aromatic rings. The zero-order chi connectivity index (χ0) is 16.2. The normalized spacial score (nSPS) is 26.9. The fourth-order valence-electron chi connectivity index (χ4n) is 4.02. The summed E-state index contributed by atoms with van der Waals surface area (Å²) in [4.78, 5) is 12.7. The highest BCUT2D eigenvalue weighted by Crippen LogP contribution is 2.56. The molecule has 2 aromatic carbocycles. The first-order valence-electron chi connectivity index (χ1n) is 7.82. The van der Waals surface area contributed by atoms with E-state index in [1.165, 1.54) is 23.3 Å². The van der Waals surface area contributed by atoms with Gasteiger partial charge in [0.15, 0.2) is 0 Å². The summed E-state index contributed by atoms with van der Waals surface area (Å²) in [6.45, 7) is 2.04. The summed E-state index contributed by atoms with van der Waals surface area (Å²) < 4.78 is 25.9. The average Bonchev–Trinajstić information content (AvgIpc) is 2.53. The molecule has 0 aliphatic heterocycles. The lowest BCUT2D eigenvalue weighted by molar-refractivity contribution is -0.133. The fraction of sp³-hybridized carbons (Fsp3) is 0.316. The number of hydrogen-bond acceptors (Lipinski definition) is 2. The van der Waals surface area contributed by atoms with Crippen LogP contribution in [0.25, 0.3) is 0 Å². The summed E-state index contributed by atoms with van der Waals surface area (Å²) in [7, 11) is -1.36. The molecule has 23 heavy (non-hydrogen) atoms. The van der Waals surface area contributed by atoms with Gasteiger partial charge in [0.05, 0.1) is 15.5 Å². The lowest BCUT2D eigenvalue weighted by atomic mass is 9.61. The van der Waals surface area contributed by atoms with Gasteiger partial charge in [-0.05, 0) is 55.2 Å². The van der Waals surface area contributed by atoms with E-state index in [4.69, 9.17) is 0 Å². The summed E-state index contributed by atoms with van der Waals surface area (Å²) in [5.41, 5.74) is 3.42. The lowest BCUT2D eigenvalue weighted by Gasteiger charge is -2.51. The fourth-order valence-corrected chi connectivity index (χ4v) is 6.00. The molecule has 3 atom stereocenters. The molecule has 1 fully saturated rings. The second kappa shape index (κ2) is 5.10. The maximum Gasteiger partial charge on any atom is 0.139 e. The largest absolute Gasteiger partial charge is 0.299 e. The monoisotopic (exact) mass is 328 g/mol. The molecule has 0 N–H and O–H groups in total. The molecule has 2 nitrogen and oxygen atoms in total. The van der Waals surface area contributed by atoms with Gasteiger partial charge in [-0.2, -0.15) is 0 Å². The number of carbonyl (C=O) groups is 1. The second-order valence-electron chi connectivity index (χ2n) is 6.51. The molecule has 3 unspecified atom stereocenters. The predicted molar refractivity (Wildman–Crippen MR) is 87.1 cm³/mol. The first-order chi connectivity index (χ1) is 11.0. The van der Waals surface area contributed by atoms with Gasteiger partial charge in [-0.25, -0.2) is 4.39 Å². The number of hydrogen-bond donors (Lipinski definition) is 0. The van der Waals surface area contributed by atoms with E-state index < -0.39 is 15.5 Å². The molecule has 0 spiro atoms.